The van der Waals surface area contributed by atoms with Gasteiger partial charge in [0.25, 0.3) is 5.91 Å². The van der Waals surface area contributed by atoms with Gasteiger partial charge in [0.1, 0.15) is 5.92 Å². The van der Waals surface area contributed by atoms with Crippen molar-refractivity contribution in [3.05, 3.63) is 0 Å². The van der Waals surface area contributed by atoms with Crippen LogP contribution in [0.1, 0.15) is 46.5 Å². The maximum atomic E-state index is 11.8. The van der Waals surface area contributed by atoms with E-state index in [1.807, 2.05) is 13.8 Å². The van der Waals surface area contributed by atoms with Gasteiger partial charge in [-0.05, 0) is 25.2 Å². The molecule has 0 N–H and O–H groups in total. The molecule has 3 nitrogen and oxygen atoms in total. The van der Waals surface area contributed by atoms with Crippen molar-refractivity contribution in [1.29, 1.82) is 0 Å². The quantitative estimate of drug-likeness (QED) is 0.653. The molecular weight excluding hydrogens is 190 g/mol. The van der Waals surface area contributed by atoms with Crippen molar-refractivity contribution in [3.63, 3.8) is 0 Å². The fraction of sp³-hybridized carbons (Fsp3) is 0.750. The van der Waals surface area contributed by atoms with Crippen LogP contribution in [0, 0.1) is 11.8 Å². The van der Waals surface area contributed by atoms with Crippen LogP contribution in [0.15, 0.2) is 4.99 Å². The number of carbonyl (C=O) groups is 2. The summed E-state index contributed by atoms with van der Waals surface area (Å²) in [6.45, 7) is 6.10. The second-order valence-electron chi connectivity index (χ2n) is 4.55. The minimum atomic E-state index is -0.475. The lowest BCUT2D eigenvalue weighted by Gasteiger charge is -2.08. The van der Waals surface area contributed by atoms with E-state index in [2.05, 4.69) is 11.9 Å². The molecule has 1 aliphatic rings. The van der Waals surface area contributed by atoms with Crippen molar-refractivity contribution >= 4 is 17.4 Å². The van der Waals surface area contributed by atoms with Gasteiger partial charge in [-0.2, -0.15) is 0 Å². The Morgan fingerprint density at radius 1 is 1.33 bits per heavy atom. The first-order chi connectivity index (χ1) is 7.06. The highest BCUT2D eigenvalue weighted by molar-refractivity contribution is 6.49. The maximum Gasteiger partial charge on any atom is 0.257 e. The van der Waals surface area contributed by atoms with Gasteiger partial charge in [-0.15, -0.1) is 0 Å². The monoisotopic (exact) mass is 209 g/mol. The van der Waals surface area contributed by atoms with Gasteiger partial charge in [-0.1, -0.05) is 27.2 Å². The molecule has 3 heteroatoms. The highest BCUT2D eigenvalue weighted by Gasteiger charge is 2.35. The molecule has 0 saturated carbocycles. The third kappa shape index (κ3) is 2.98. The summed E-state index contributed by atoms with van der Waals surface area (Å²) in [4.78, 5) is 27.2. The van der Waals surface area contributed by atoms with Crippen LogP contribution in [0.25, 0.3) is 0 Å². The molecule has 0 aliphatic carbocycles. The minimum Gasteiger partial charge on any atom is -0.292 e. The molecule has 1 unspecified atom stereocenters. The van der Waals surface area contributed by atoms with Gasteiger partial charge in [0.15, 0.2) is 5.78 Å². The van der Waals surface area contributed by atoms with Crippen molar-refractivity contribution in [2.24, 2.45) is 16.8 Å². The molecule has 1 amide bonds. The topological polar surface area (TPSA) is 46.5 Å². The normalized spacial score (nSPS) is 21.3. The molecule has 0 aromatic rings. The largest absolute Gasteiger partial charge is 0.292 e. The maximum absolute atomic E-state index is 11.8. The molecular formula is C12H19NO2. The van der Waals surface area contributed by atoms with Gasteiger partial charge in [-0.3, -0.25) is 9.59 Å². The summed E-state index contributed by atoms with van der Waals surface area (Å²) in [6, 6.07) is 0. The number of Topliss-reactive ketones (excluding diaryl/α,β-unsaturated/α-hetero) is 1. The van der Waals surface area contributed by atoms with Gasteiger partial charge >= 0.3 is 0 Å². The van der Waals surface area contributed by atoms with Crippen molar-refractivity contribution in [1.82, 2.24) is 0 Å². The Balaban J connectivity index is 2.61. The van der Waals surface area contributed by atoms with Gasteiger partial charge in [-0.25, -0.2) is 4.99 Å². The second kappa shape index (κ2) is 5.19. The third-order valence-corrected chi connectivity index (χ3v) is 2.62. The Morgan fingerprint density at radius 2 is 2.00 bits per heavy atom. The summed E-state index contributed by atoms with van der Waals surface area (Å²) in [6.07, 6.45) is 3.26. The zero-order valence-electron chi connectivity index (χ0n) is 9.75. The zero-order valence-corrected chi connectivity index (χ0v) is 9.75. The molecule has 0 spiro atoms. The van der Waals surface area contributed by atoms with E-state index < -0.39 is 5.92 Å². The average molecular weight is 209 g/mol. The molecule has 0 saturated heterocycles. The highest BCUT2D eigenvalue weighted by atomic mass is 16.2. The van der Waals surface area contributed by atoms with Gasteiger partial charge in [0.2, 0.25) is 0 Å². The molecule has 0 aromatic carbocycles. The molecule has 0 bridgehead atoms. The standard InChI is InChI=1S/C12H19NO2/c1-4-5-6-10-11(14)9(7-8(2)3)12(15)13-10/h8-9H,4-7H2,1-3H3. The Bertz CT molecular complexity index is 292. The number of aliphatic imine (C=N–C) groups is 1. The minimum absolute atomic E-state index is 0.0258. The van der Waals surface area contributed by atoms with Crippen LogP contribution in [0.2, 0.25) is 0 Å². The van der Waals surface area contributed by atoms with Crippen LogP contribution in [-0.2, 0) is 9.59 Å². The number of ketones is 1. The number of hydrogen-bond donors (Lipinski definition) is 0. The number of amides is 1. The predicted octanol–water partition coefficient (Wildman–Crippen LogP) is 2.39. The second-order valence-corrected chi connectivity index (χ2v) is 4.55. The Kier molecular flexibility index (Phi) is 4.18. The van der Waals surface area contributed by atoms with Crippen LogP contribution >= 0.6 is 0 Å². The number of unbranched alkanes of at least 4 members (excludes halogenated alkanes) is 1. The van der Waals surface area contributed by atoms with Gasteiger partial charge < -0.3 is 0 Å². The smallest absolute Gasteiger partial charge is 0.257 e. The molecule has 0 fully saturated rings. The summed E-state index contributed by atoms with van der Waals surface area (Å²) in [7, 11) is 0. The fourth-order valence-electron chi connectivity index (χ4n) is 1.78. The molecule has 0 aromatic heterocycles. The fourth-order valence-corrected chi connectivity index (χ4v) is 1.78. The summed E-state index contributed by atoms with van der Waals surface area (Å²) >= 11 is 0. The first-order valence-corrected chi connectivity index (χ1v) is 5.71. The van der Waals surface area contributed by atoms with Gasteiger partial charge in [0, 0.05) is 0 Å². The molecule has 1 rings (SSSR count). The van der Waals surface area contributed by atoms with Crippen LogP contribution in [0.4, 0.5) is 0 Å². The van der Waals surface area contributed by atoms with E-state index in [1.165, 1.54) is 0 Å². The summed E-state index contributed by atoms with van der Waals surface area (Å²) < 4.78 is 0. The van der Waals surface area contributed by atoms with Crippen molar-refractivity contribution in [2.45, 2.75) is 46.5 Å². The Morgan fingerprint density at radius 3 is 2.53 bits per heavy atom. The Hall–Kier alpha value is -0.990. The van der Waals surface area contributed by atoms with Crippen molar-refractivity contribution in [3.8, 4) is 0 Å². The van der Waals surface area contributed by atoms with Gasteiger partial charge in [0.05, 0.1) is 5.71 Å². The summed E-state index contributed by atoms with van der Waals surface area (Å²) in [5.41, 5.74) is 0.507. The highest BCUT2D eigenvalue weighted by Crippen LogP contribution is 2.22. The molecule has 1 aliphatic heterocycles. The number of carbonyl (C=O) groups excluding carboxylic acids is 2. The van der Waals surface area contributed by atoms with Crippen LogP contribution in [0.5, 0.6) is 0 Å². The summed E-state index contributed by atoms with van der Waals surface area (Å²) in [5, 5.41) is 0. The SMILES string of the molecule is CCCCC1=NC(=O)C(CC(C)C)C1=O. The number of nitrogens with zero attached hydrogens (tertiary/aromatic N) is 1. The van der Waals surface area contributed by atoms with E-state index in [0.717, 1.165) is 12.8 Å². The number of rotatable bonds is 5. The van der Waals surface area contributed by atoms with E-state index in [0.29, 0.717) is 24.5 Å². The van der Waals surface area contributed by atoms with Crippen molar-refractivity contribution in [2.75, 3.05) is 0 Å². The molecule has 0 radical (unpaired) electrons. The zero-order chi connectivity index (χ0) is 11.4. The van der Waals surface area contributed by atoms with Crippen LogP contribution in [0.3, 0.4) is 0 Å². The van der Waals surface area contributed by atoms with E-state index >= 15 is 0 Å². The molecule has 15 heavy (non-hydrogen) atoms. The first-order valence-electron chi connectivity index (χ1n) is 5.71. The van der Waals surface area contributed by atoms with E-state index in [4.69, 9.17) is 0 Å². The molecule has 1 atom stereocenters. The van der Waals surface area contributed by atoms with Crippen LogP contribution in [-0.4, -0.2) is 17.4 Å². The third-order valence-electron chi connectivity index (χ3n) is 2.62. The lowest BCUT2D eigenvalue weighted by atomic mass is 9.92. The van der Waals surface area contributed by atoms with E-state index in [9.17, 15) is 9.59 Å². The molecule has 1 heterocycles. The van der Waals surface area contributed by atoms with Crippen LogP contribution < -0.4 is 0 Å². The average Bonchev–Trinajstić information content (AvgIpc) is 2.42. The lowest BCUT2D eigenvalue weighted by molar-refractivity contribution is -0.127. The van der Waals surface area contributed by atoms with E-state index in [1.54, 1.807) is 0 Å². The number of hydrogen-bond acceptors (Lipinski definition) is 2. The predicted molar refractivity (Wildman–Crippen MR) is 59.9 cm³/mol. The van der Waals surface area contributed by atoms with E-state index in [-0.39, 0.29) is 11.7 Å². The summed E-state index contributed by atoms with van der Waals surface area (Å²) in [5.74, 6) is -0.359. The van der Waals surface area contributed by atoms with Crippen molar-refractivity contribution < 1.29 is 9.59 Å². The Labute approximate surface area is 91.0 Å². The lowest BCUT2D eigenvalue weighted by Crippen LogP contribution is -2.22. The molecule has 84 valence electrons. The first kappa shape index (κ1) is 12.1.